The number of aromatic nitrogens is 3. The number of nitrogens with zero attached hydrogens (tertiary/aromatic N) is 2. The number of ketones is 2. The van der Waals surface area contributed by atoms with Crippen LogP contribution in [-0.4, -0.2) is 32.4 Å². The van der Waals surface area contributed by atoms with E-state index in [1.54, 1.807) is 48.5 Å². The van der Waals surface area contributed by atoms with Crippen molar-refractivity contribution in [3.05, 3.63) is 105 Å². The third-order valence-corrected chi connectivity index (χ3v) is 5.26. The van der Waals surface area contributed by atoms with Crippen LogP contribution in [0.15, 0.2) is 71.5 Å². The zero-order chi connectivity index (χ0) is 23.8. The van der Waals surface area contributed by atoms with Crippen molar-refractivity contribution in [1.82, 2.24) is 15.0 Å². The van der Waals surface area contributed by atoms with Crippen molar-refractivity contribution in [2.45, 2.75) is 0 Å². The number of nitrogen functional groups attached to an aromatic ring is 1. The minimum absolute atomic E-state index is 0.0351. The van der Waals surface area contributed by atoms with Gasteiger partial charge in [-0.15, -0.1) is 0 Å². The van der Waals surface area contributed by atoms with Crippen LogP contribution in [0.4, 0.5) is 23.3 Å². The number of rotatable bonds is 4. The van der Waals surface area contributed by atoms with Gasteiger partial charge in [0.1, 0.15) is 0 Å². The first-order valence-corrected chi connectivity index (χ1v) is 10.1. The van der Waals surface area contributed by atoms with Gasteiger partial charge in [0.15, 0.2) is 11.6 Å². The molecular formula is C24H16N6O4. The van der Waals surface area contributed by atoms with Gasteiger partial charge in [-0.1, -0.05) is 24.3 Å². The van der Waals surface area contributed by atoms with E-state index in [1.807, 2.05) is 0 Å². The Labute approximate surface area is 191 Å². The maximum absolute atomic E-state index is 12.9. The van der Waals surface area contributed by atoms with Crippen molar-refractivity contribution >= 4 is 40.7 Å². The molecule has 1 amide bonds. The molecule has 0 radical (unpaired) electrons. The molecule has 5 N–H and O–H groups in total. The topological polar surface area (TPSA) is 160 Å². The summed E-state index contributed by atoms with van der Waals surface area (Å²) in [5, 5.41) is 5.60. The average Bonchev–Trinajstić information content (AvgIpc) is 2.83. The lowest BCUT2D eigenvalue weighted by molar-refractivity contribution is 0.0978. The van der Waals surface area contributed by atoms with Gasteiger partial charge in [0.05, 0.1) is 0 Å². The molecule has 3 aromatic carbocycles. The maximum Gasteiger partial charge on any atom is 0.350 e. The monoisotopic (exact) mass is 452 g/mol. The third-order valence-electron chi connectivity index (χ3n) is 5.26. The van der Waals surface area contributed by atoms with Gasteiger partial charge in [-0.3, -0.25) is 19.4 Å². The Morgan fingerprint density at radius 1 is 0.765 bits per heavy atom. The summed E-state index contributed by atoms with van der Waals surface area (Å²) < 4.78 is 0. The molecule has 0 saturated heterocycles. The average molecular weight is 452 g/mol. The number of hydrogen-bond donors (Lipinski definition) is 4. The second-order valence-electron chi connectivity index (χ2n) is 7.48. The fourth-order valence-electron chi connectivity index (χ4n) is 3.67. The fraction of sp³-hybridized carbons (Fsp3) is 0. The molecule has 10 heteroatoms. The fourth-order valence-corrected chi connectivity index (χ4v) is 3.67. The second kappa shape index (κ2) is 8.10. The summed E-state index contributed by atoms with van der Waals surface area (Å²) in [6, 6.07) is 17.7. The highest BCUT2D eigenvalue weighted by atomic mass is 16.2. The molecule has 0 unspecified atom stereocenters. The number of anilines is 4. The molecule has 0 aliphatic heterocycles. The normalized spacial score (nSPS) is 12.0. The van der Waals surface area contributed by atoms with Crippen molar-refractivity contribution in [2.24, 2.45) is 0 Å². The molecule has 10 nitrogen and oxygen atoms in total. The van der Waals surface area contributed by atoms with E-state index in [-0.39, 0.29) is 40.2 Å². The molecule has 34 heavy (non-hydrogen) atoms. The van der Waals surface area contributed by atoms with Crippen molar-refractivity contribution in [3.63, 3.8) is 0 Å². The second-order valence-corrected chi connectivity index (χ2v) is 7.48. The number of hydrogen-bond acceptors (Lipinski definition) is 8. The van der Waals surface area contributed by atoms with E-state index >= 15 is 0 Å². The smallest absolute Gasteiger partial charge is 0.350 e. The summed E-state index contributed by atoms with van der Waals surface area (Å²) in [7, 11) is 0. The number of carbonyl (C=O) groups excluding carboxylic acids is 3. The molecule has 4 aromatic rings. The van der Waals surface area contributed by atoms with Gasteiger partial charge >= 0.3 is 5.69 Å². The van der Waals surface area contributed by atoms with Crippen molar-refractivity contribution in [2.75, 3.05) is 16.4 Å². The quantitative estimate of drug-likeness (QED) is 0.324. The Kier molecular flexibility index (Phi) is 4.94. The van der Waals surface area contributed by atoms with Crippen LogP contribution in [0, 0.1) is 0 Å². The van der Waals surface area contributed by atoms with E-state index in [4.69, 9.17) is 5.73 Å². The summed E-state index contributed by atoms with van der Waals surface area (Å²) in [5.74, 6) is -1.01. The van der Waals surface area contributed by atoms with E-state index in [2.05, 4.69) is 25.6 Å². The molecular weight excluding hydrogens is 436 g/mol. The van der Waals surface area contributed by atoms with Crippen LogP contribution >= 0.6 is 0 Å². The van der Waals surface area contributed by atoms with Gasteiger partial charge in [-0.05, 0) is 42.5 Å². The van der Waals surface area contributed by atoms with E-state index in [0.29, 0.717) is 22.5 Å². The number of amides is 1. The molecule has 1 aliphatic carbocycles. The van der Waals surface area contributed by atoms with Crippen molar-refractivity contribution in [1.29, 1.82) is 0 Å². The Bertz CT molecular complexity index is 1540. The number of H-pyrrole nitrogens is 1. The van der Waals surface area contributed by atoms with Crippen molar-refractivity contribution < 1.29 is 14.4 Å². The molecule has 166 valence electrons. The van der Waals surface area contributed by atoms with Gasteiger partial charge in [0.2, 0.25) is 11.9 Å². The standard InChI is InChI=1S/C24H16N6O4/c25-22-28-23(30-24(34)29-22)27-14-8-6-13(7-9-14)26-21(33)12-5-10-17-18(11-12)20(32)16-4-2-1-3-15(16)19(17)31/h1-11H,(H,26,33)(H4,25,27,28,29,30,34). The van der Waals surface area contributed by atoms with E-state index in [1.165, 1.54) is 18.2 Å². The molecule has 1 aromatic heterocycles. The van der Waals surface area contributed by atoms with Crippen LogP contribution in [0.1, 0.15) is 42.2 Å². The van der Waals surface area contributed by atoms with E-state index in [0.717, 1.165) is 0 Å². The SMILES string of the molecule is Nc1nc(Nc2ccc(NC(=O)c3ccc4c(c3)C(=O)c3ccccc3C4=O)cc2)nc(=O)[nH]1. The highest BCUT2D eigenvalue weighted by molar-refractivity contribution is 6.28. The lowest BCUT2D eigenvalue weighted by Gasteiger charge is -2.18. The predicted molar refractivity (Wildman–Crippen MR) is 124 cm³/mol. The molecule has 0 spiro atoms. The molecule has 1 aliphatic rings. The van der Waals surface area contributed by atoms with Crippen LogP contribution < -0.4 is 22.1 Å². The highest BCUT2D eigenvalue weighted by Crippen LogP contribution is 2.28. The summed E-state index contributed by atoms with van der Waals surface area (Å²) in [5.41, 5.74) is 7.33. The molecule has 0 saturated carbocycles. The van der Waals surface area contributed by atoms with Crippen molar-refractivity contribution in [3.8, 4) is 0 Å². The lowest BCUT2D eigenvalue weighted by Crippen LogP contribution is -2.22. The van der Waals surface area contributed by atoms with Crippen LogP contribution in [0.25, 0.3) is 0 Å². The summed E-state index contributed by atoms with van der Waals surface area (Å²) >= 11 is 0. The highest BCUT2D eigenvalue weighted by Gasteiger charge is 2.29. The van der Waals surface area contributed by atoms with Gasteiger partial charge in [-0.25, -0.2) is 4.79 Å². The zero-order valence-electron chi connectivity index (χ0n) is 17.5. The molecule has 0 bridgehead atoms. The molecule has 5 rings (SSSR count). The number of nitrogens with two attached hydrogens (primary N) is 1. The Morgan fingerprint density at radius 3 is 2.06 bits per heavy atom. The third kappa shape index (κ3) is 3.79. The number of benzene rings is 3. The zero-order valence-corrected chi connectivity index (χ0v) is 17.5. The van der Waals surface area contributed by atoms with Crippen LogP contribution in [-0.2, 0) is 0 Å². The van der Waals surface area contributed by atoms with Gasteiger partial charge < -0.3 is 16.4 Å². The first-order valence-electron chi connectivity index (χ1n) is 10.1. The first kappa shape index (κ1) is 20.8. The van der Waals surface area contributed by atoms with Gasteiger partial charge in [0.25, 0.3) is 5.91 Å². The molecule has 0 fully saturated rings. The Balaban J connectivity index is 1.33. The largest absolute Gasteiger partial charge is 0.369 e. The molecule has 0 atom stereocenters. The van der Waals surface area contributed by atoms with Gasteiger partial charge in [0, 0.05) is 39.2 Å². The first-order chi connectivity index (χ1) is 16.4. The van der Waals surface area contributed by atoms with Crippen LogP contribution in [0.5, 0.6) is 0 Å². The Morgan fingerprint density at radius 2 is 1.38 bits per heavy atom. The summed E-state index contributed by atoms with van der Waals surface area (Å²) in [4.78, 5) is 59.6. The summed E-state index contributed by atoms with van der Waals surface area (Å²) in [6.07, 6.45) is 0. The molecule has 1 heterocycles. The lowest BCUT2D eigenvalue weighted by atomic mass is 9.83. The number of aromatic amines is 1. The van der Waals surface area contributed by atoms with E-state index < -0.39 is 11.6 Å². The van der Waals surface area contributed by atoms with Crippen LogP contribution in [0.3, 0.4) is 0 Å². The van der Waals surface area contributed by atoms with Crippen LogP contribution in [0.2, 0.25) is 0 Å². The number of nitrogens with one attached hydrogen (secondary N) is 3. The predicted octanol–water partition coefficient (Wildman–Crippen LogP) is 2.52. The minimum Gasteiger partial charge on any atom is -0.369 e. The Hall–Kier alpha value is -5.12. The maximum atomic E-state index is 12.9. The minimum atomic E-state index is -0.632. The number of carbonyl (C=O) groups is 3. The van der Waals surface area contributed by atoms with Gasteiger partial charge in [-0.2, -0.15) is 9.97 Å². The number of fused-ring (bicyclic) bond motifs is 2. The summed E-state index contributed by atoms with van der Waals surface area (Å²) in [6.45, 7) is 0. The van der Waals surface area contributed by atoms with E-state index in [9.17, 15) is 19.2 Å².